The molecule has 1 saturated heterocycles. The van der Waals surface area contributed by atoms with Gasteiger partial charge in [-0.25, -0.2) is 15.0 Å². The molecule has 1 fully saturated rings. The van der Waals surface area contributed by atoms with Gasteiger partial charge in [0, 0.05) is 37.0 Å². The zero-order valence-corrected chi connectivity index (χ0v) is 15.0. The number of benzene rings is 1. The number of carbonyl (C=O) groups excluding carboxylic acids is 1. The summed E-state index contributed by atoms with van der Waals surface area (Å²) in [6.07, 6.45) is 3.25. The van der Waals surface area contributed by atoms with Crippen molar-refractivity contribution in [2.45, 2.75) is 19.8 Å². The van der Waals surface area contributed by atoms with Crippen LogP contribution in [0.15, 0.2) is 30.6 Å². The molecule has 2 N–H and O–H groups in total. The van der Waals surface area contributed by atoms with Gasteiger partial charge in [0.1, 0.15) is 5.82 Å². The van der Waals surface area contributed by atoms with Crippen molar-refractivity contribution in [2.75, 3.05) is 13.1 Å². The number of hydrogen-bond donors (Lipinski definition) is 2. The third kappa shape index (κ3) is 3.03. The zero-order chi connectivity index (χ0) is 19.1. The van der Waals surface area contributed by atoms with E-state index >= 15 is 0 Å². The van der Waals surface area contributed by atoms with E-state index in [-0.39, 0.29) is 18.4 Å². The summed E-state index contributed by atoms with van der Waals surface area (Å²) in [5.74, 6) is -1.59. The fourth-order valence-corrected chi connectivity index (χ4v) is 3.52. The monoisotopic (exact) mass is 365 g/mol. The lowest BCUT2D eigenvalue weighted by molar-refractivity contribution is -0.141. The molecule has 0 bridgehead atoms. The van der Waals surface area contributed by atoms with Crippen LogP contribution < -0.4 is 0 Å². The Morgan fingerprint density at radius 3 is 2.56 bits per heavy atom. The van der Waals surface area contributed by atoms with E-state index in [2.05, 4.69) is 19.9 Å². The normalized spacial score (nSPS) is 19.6. The molecule has 3 aromatic rings. The van der Waals surface area contributed by atoms with E-state index in [1.807, 2.05) is 13.8 Å². The lowest BCUT2D eigenvalue weighted by Crippen LogP contribution is -2.29. The molecule has 138 valence electrons. The van der Waals surface area contributed by atoms with Crippen molar-refractivity contribution in [2.24, 2.45) is 5.92 Å². The zero-order valence-electron chi connectivity index (χ0n) is 15.0. The fourth-order valence-electron chi connectivity index (χ4n) is 3.52. The largest absolute Gasteiger partial charge is 0.481 e. The maximum atomic E-state index is 13.0. The number of aryl methyl sites for hydroxylation is 2. The molecule has 1 amide bonds. The van der Waals surface area contributed by atoms with Gasteiger partial charge in [-0.1, -0.05) is 0 Å². The number of amides is 1. The minimum Gasteiger partial charge on any atom is -0.481 e. The third-order valence-electron chi connectivity index (χ3n) is 5.12. The first-order valence-electron chi connectivity index (χ1n) is 8.70. The summed E-state index contributed by atoms with van der Waals surface area (Å²) in [4.78, 5) is 42.3. The Morgan fingerprint density at radius 2 is 1.89 bits per heavy atom. The van der Waals surface area contributed by atoms with E-state index in [0.717, 1.165) is 16.9 Å². The highest BCUT2D eigenvalue weighted by Crippen LogP contribution is 2.32. The number of likely N-dealkylation sites (tertiary alicyclic amines) is 1. The molecule has 1 aliphatic rings. The second-order valence-corrected chi connectivity index (χ2v) is 6.83. The fraction of sp³-hybridized carbons (Fsp3) is 0.316. The number of aliphatic carboxylic acids is 1. The van der Waals surface area contributed by atoms with Crippen molar-refractivity contribution in [1.82, 2.24) is 24.8 Å². The number of carboxylic acids is 1. The molecule has 8 heteroatoms. The van der Waals surface area contributed by atoms with Crippen LogP contribution in [-0.4, -0.2) is 54.9 Å². The van der Waals surface area contributed by atoms with E-state index in [9.17, 15) is 14.7 Å². The van der Waals surface area contributed by atoms with Crippen LogP contribution in [0.5, 0.6) is 0 Å². The van der Waals surface area contributed by atoms with Gasteiger partial charge < -0.3 is 15.0 Å². The molecule has 2 atom stereocenters. The van der Waals surface area contributed by atoms with Crippen molar-refractivity contribution in [3.05, 3.63) is 53.4 Å². The predicted octanol–water partition coefficient (Wildman–Crippen LogP) is 1.91. The van der Waals surface area contributed by atoms with Crippen LogP contribution >= 0.6 is 0 Å². The highest BCUT2D eigenvalue weighted by atomic mass is 16.4. The maximum Gasteiger partial charge on any atom is 0.309 e. The SMILES string of the molecule is Cc1nc2ccc(C(=O)N3C[C@H](C(=O)O)[C@@H](c4ncc[nH]4)C3)cc2nc1C. The minimum atomic E-state index is -0.929. The van der Waals surface area contributed by atoms with Gasteiger partial charge in [-0.3, -0.25) is 9.59 Å². The number of aromatic nitrogens is 4. The van der Waals surface area contributed by atoms with Crippen molar-refractivity contribution in [3.63, 3.8) is 0 Å². The van der Waals surface area contributed by atoms with Gasteiger partial charge >= 0.3 is 5.97 Å². The Kier molecular flexibility index (Phi) is 4.10. The average molecular weight is 365 g/mol. The molecule has 8 nitrogen and oxygen atoms in total. The smallest absolute Gasteiger partial charge is 0.309 e. The summed E-state index contributed by atoms with van der Waals surface area (Å²) in [6.45, 7) is 4.23. The first kappa shape index (κ1) is 17.1. The lowest BCUT2D eigenvalue weighted by atomic mass is 9.96. The van der Waals surface area contributed by atoms with Gasteiger partial charge in [0.05, 0.1) is 28.3 Å². The number of carbonyl (C=O) groups is 2. The van der Waals surface area contributed by atoms with Gasteiger partial charge in [-0.2, -0.15) is 0 Å². The summed E-state index contributed by atoms with van der Waals surface area (Å²) in [6, 6.07) is 5.20. The van der Waals surface area contributed by atoms with Crippen molar-refractivity contribution < 1.29 is 14.7 Å². The number of imidazole rings is 1. The van der Waals surface area contributed by atoms with Crippen LogP contribution in [0, 0.1) is 19.8 Å². The number of hydrogen-bond acceptors (Lipinski definition) is 5. The molecule has 4 rings (SSSR count). The number of fused-ring (bicyclic) bond motifs is 1. The number of aromatic amines is 1. The minimum absolute atomic E-state index is 0.149. The van der Waals surface area contributed by atoms with Gasteiger partial charge in [-0.05, 0) is 32.0 Å². The summed E-state index contributed by atoms with van der Waals surface area (Å²) >= 11 is 0. The van der Waals surface area contributed by atoms with Gasteiger partial charge in [0.25, 0.3) is 5.91 Å². The molecule has 3 heterocycles. The molecular weight excluding hydrogens is 346 g/mol. The number of carboxylic acid groups (broad SMARTS) is 1. The number of rotatable bonds is 3. The van der Waals surface area contributed by atoms with Gasteiger partial charge in [-0.15, -0.1) is 0 Å². The Morgan fingerprint density at radius 1 is 1.15 bits per heavy atom. The second kappa shape index (κ2) is 6.46. The third-order valence-corrected chi connectivity index (χ3v) is 5.12. The number of nitrogens with one attached hydrogen (secondary N) is 1. The summed E-state index contributed by atoms with van der Waals surface area (Å²) < 4.78 is 0. The Balaban J connectivity index is 1.63. The molecule has 0 aliphatic carbocycles. The molecular formula is C19H19N5O3. The van der Waals surface area contributed by atoms with Gasteiger partial charge in [0.2, 0.25) is 0 Å². The van der Waals surface area contributed by atoms with E-state index in [1.165, 1.54) is 0 Å². The molecule has 0 unspecified atom stereocenters. The van der Waals surface area contributed by atoms with Gasteiger partial charge in [0.15, 0.2) is 0 Å². The topological polar surface area (TPSA) is 112 Å². The molecule has 0 radical (unpaired) electrons. The standard InChI is InChI=1S/C19H19N5O3/c1-10-11(2)23-16-7-12(3-4-15(16)22-10)18(25)24-8-13(14(9-24)19(26)27)17-20-5-6-21-17/h3-7,13-14H,8-9H2,1-2H3,(H,20,21)(H,26,27)/t13-,14-/m0/s1. The number of H-pyrrole nitrogens is 1. The molecule has 1 aromatic carbocycles. The van der Waals surface area contributed by atoms with Crippen LogP contribution in [0.4, 0.5) is 0 Å². The van der Waals surface area contributed by atoms with Crippen molar-refractivity contribution >= 4 is 22.9 Å². The predicted molar refractivity (Wildman–Crippen MR) is 97.4 cm³/mol. The van der Waals surface area contributed by atoms with E-state index < -0.39 is 11.9 Å². The molecule has 1 aliphatic heterocycles. The van der Waals surface area contributed by atoms with Crippen LogP contribution in [0.3, 0.4) is 0 Å². The van der Waals surface area contributed by atoms with E-state index in [4.69, 9.17) is 0 Å². The Bertz CT molecular complexity index is 1030. The molecule has 0 spiro atoms. The first-order valence-corrected chi connectivity index (χ1v) is 8.70. The molecule has 2 aromatic heterocycles. The van der Waals surface area contributed by atoms with Crippen LogP contribution in [0.1, 0.15) is 33.5 Å². The number of nitrogens with zero attached hydrogens (tertiary/aromatic N) is 4. The summed E-state index contributed by atoms with van der Waals surface area (Å²) in [5.41, 5.74) is 3.53. The van der Waals surface area contributed by atoms with Crippen molar-refractivity contribution in [1.29, 1.82) is 0 Å². The first-order chi connectivity index (χ1) is 12.9. The Hall–Kier alpha value is -3.29. The van der Waals surface area contributed by atoms with Crippen molar-refractivity contribution in [3.8, 4) is 0 Å². The maximum absolute atomic E-state index is 13.0. The van der Waals surface area contributed by atoms with Crippen LogP contribution in [0.25, 0.3) is 11.0 Å². The molecule has 27 heavy (non-hydrogen) atoms. The quantitative estimate of drug-likeness (QED) is 0.733. The summed E-state index contributed by atoms with van der Waals surface area (Å²) in [5, 5.41) is 9.55. The van der Waals surface area contributed by atoms with Crippen LogP contribution in [0.2, 0.25) is 0 Å². The highest BCUT2D eigenvalue weighted by Gasteiger charge is 2.42. The summed E-state index contributed by atoms with van der Waals surface area (Å²) in [7, 11) is 0. The Labute approximate surface area is 155 Å². The lowest BCUT2D eigenvalue weighted by Gasteiger charge is -2.16. The van der Waals surface area contributed by atoms with E-state index in [1.54, 1.807) is 35.5 Å². The second-order valence-electron chi connectivity index (χ2n) is 6.83. The van der Waals surface area contributed by atoms with E-state index in [0.29, 0.717) is 23.4 Å². The average Bonchev–Trinajstić information content (AvgIpc) is 3.31. The highest BCUT2D eigenvalue weighted by molar-refractivity contribution is 5.97. The van der Waals surface area contributed by atoms with Crippen LogP contribution in [-0.2, 0) is 4.79 Å². The molecule has 0 saturated carbocycles.